The van der Waals surface area contributed by atoms with E-state index in [4.69, 9.17) is 0 Å². The monoisotopic (exact) mass is 413 g/mol. The summed E-state index contributed by atoms with van der Waals surface area (Å²) in [6.45, 7) is 4.13. The molecule has 25 heavy (non-hydrogen) atoms. The van der Waals surface area contributed by atoms with Gasteiger partial charge in [-0.25, -0.2) is 4.98 Å². The van der Waals surface area contributed by atoms with Crippen molar-refractivity contribution in [1.29, 1.82) is 0 Å². The van der Waals surface area contributed by atoms with Crippen molar-refractivity contribution in [3.05, 3.63) is 65.2 Å². The van der Waals surface area contributed by atoms with Gasteiger partial charge in [0.25, 0.3) is 0 Å². The van der Waals surface area contributed by atoms with Gasteiger partial charge in [-0.05, 0) is 53.2 Å². The molecule has 0 unspecified atom stereocenters. The first-order valence-corrected chi connectivity index (χ1v) is 8.47. The minimum Gasteiger partial charge on any atom is -1.00 e. The Kier molecular flexibility index (Phi) is 5.06. The first-order valence-electron chi connectivity index (χ1n) is 7.66. The fourth-order valence-corrected chi connectivity index (χ4v) is 3.34. The third-order valence-electron chi connectivity index (χ3n) is 3.84. The molecular weight excluding hydrogens is 398 g/mol. The Morgan fingerprint density at radius 2 is 1.72 bits per heavy atom. The van der Waals surface area contributed by atoms with Gasteiger partial charge < -0.3 is 17.0 Å². The van der Waals surface area contributed by atoms with Crippen LogP contribution in [0.4, 0.5) is 0 Å². The number of benzene rings is 2. The third kappa shape index (κ3) is 3.52. The van der Waals surface area contributed by atoms with Gasteiger partial charge in [0.15, 0.2) is 5.69 Å². The highest BCUT2D eigenvalue weighted by molar-refractivity contribution is 7.15. The average Bonchev–Trinajstić information content (AvgIpc) is 3.24. The van der Waals surface area contributed by atoms with Gasteiger partial charge in [0, 0.05) is 10.4 Å². The minimum atomic E-state index is 0. The standard InChI is InChI=1S/C18H15N5S.BrH/c1-12-13(2)24-18(19-12)15-8-6-7-14(11-15)17-20-22-23(21-17)16-9-4-3-5-10-16;/h3-11H,1-2H3;1H. The van der Waals surface area contributed by atoms with Gasteiger partial charge in [0.2, 0.25) is 0 Å². The third-order valence-corrected chi connectivity index (χ3v) is 4.96. The van der Waals surface area contributed by atoms with E-state index in [1.165, 1.54) is 4.88 Å². The first kappa shape index (κ1) is 17.4. The average molecular weight is 414 g/mol. The molecule has 0 saturated heterocycles. The first-order chi connectivity index (χ1) is 11.7. The predicted molar refractivity (Wildman–Crippen MR) is 93.9 cm³/mol. The molecule has 1 N–H and O–H groups in total. The number of para-hydroxylation sites is 1. The molecule has 126 valence electrons. The number of halogens is 1. The lowest BCUT2D eigenvalue weighted by Gasteiger charge is -1.97. The molecule has 0 aliphatic rings. The zero-order valence-electron chi connectivity index (χ0n) is 13.8. The fourth-order valence-electron chi connectivity index (χ4n) is 2.43. The molecular formula is C18H16BrN5S. The van der Waals surface area contributed by atoms with E-state index in [-0.39, 0.29) is 17.0 Å². The van der Waals surface area contributed by atoms with E-state index in [9.17, 15) is 0 Å². The van der Waals surface area contributed by atoms with E-state index in [1.54, 1.807) is 16.1 Å². The number of H-pyrrole nitrogens is 1. The SMILES string of the molecule is Cc1nc(-c2cccc(-c3n[nH][n+](-c4ccccc4)n3)c2)sc1C.[Br-]. The van der Waals surface area contributed by atoms with E-state index in [2.05, 4.69) is 39.5 Å². The Hall–Kier alpha value is -2.38. The quantitative estimate of drug-likeness (QED) is 0.497. The van der Waals surface area contributed by atoms with Crippen LogP contribution in [-0.4, -0.2) is 20.4 Å². The molecule has 0 bridgehead atoms. The van der Waals surface area contributed by atoms with Crippen molar-refractivity contribution in [3.8, 4) is 27.6 Å². The molecule has 7 heteroatoms. The van der Waals surface area contributed by atoms with Crippen LogP contribution < -0.4 is 21.8 Å². The zero-order valence-corrected chi connectivity index (χ0v) is 16.2. The maximum absolute atomic E-state index is 4.63. The van der Waals surface area contributed by atoms with Crippen molar-refractivity contribution < 1.29 is 21.8 Å². The molecule has 2 aromatic heterocycles. The number of aromatic amines is 1. The number of aryl methyl sites for hydroxylation is 2. The topological polar surface area (TPSA) is 58.3 Å². The van der Waals surface area contributed by atoms with E-state index in [0.29, 0.717) is 5.82 Å². The van der Waals surface area contributed by atoms with Gasteiger partial charge in [-0.2, -0.15) is 0 Å². The second kappa shape index (κ2) is 7.25. The summed E-state index contributed by atoms with van der Waals surface area (Å²) in [4.78, 5) is 7.54. The molecule has 4 aromatic rings. The number of rotatable bonds is 3. The highest BCUT2D eigenvalue weighted by atomic mass is 79.9. The molecule has 0 atom stereocenters. The summed E-state index contributed by atoms with van der Waals surface area (Å²) in [5, 5.41) is 12.8. The molecule has 4 rings (SSSR count). The number of hydrogen-bond donors (Lipinski definition) is 1. The molecule has 0 aliphatic carbocycles. The van der Waals surface area contributed by atoms with Gasteiger partial charge in [0.1, 0.15) is 5.01 Å². The van der Waals surface area contributed by atoms with Crippen molar-refractivity contribution in [1.82, 2.24) is 20.4 Å². The maximum atomic E-state index is 4.63. The second-order valence-electron chi connectivity index (χ2n) is 5.52. The summed E-state index contributed by atoms with van der Waals surface area (Å²) < 4.78 is 0. The Morgan fingerprint density at radius 1 is 0.960 bits per heavy atom. The maximum Gasteiger partial charge on any atom is 0.339 e. The van der Waals surface area contributed by atoms with Crippen LogP contribution in [-0.2, 0) is 0 Å². The second-order valence-corrected chi connectivity index (χ2v) is 6.73. The molecule has 0 radical (unpaired) electrons. The lowest BCUT2D eigenvalue weighted by Crippen LogP contribution is -3.00. The predicted octanol–water partition coefficient (Wildman–Crippen LogP) is 0.493. The molecule has 2 heterocycles. The van der Waals surface area contributed by atoms with Gasteiger partial charge in [-0.15, -0.1) is 11.3 Å². The van der Waals surface area contributed by atoms with Crippen molar-refractivity contribution in [3.63, 3.8) is 0 Å². The molecule has 0 amide bonds. The normalized spacial score (nSPS) is 10.5. The number of nitrogens with one attached hydrogen (secondary N) is 1. The largest absolute Gasteiger partial charge is 1.00 e. The van der Waals surface area contributed by atoms with Crippen LogP contribution in [0.15, 0.2) is 54.6 Å². The minimum absolute atomic E-state index is 0. The molecule has 0 spiro atoms. The van der Waals surface area contributed by atoms with E-state index >= 15 is 0 Å². The highest BCUT2D eigenvalue weighted by Gasteiger charge is 2.16. The van der Waals surface area contributed by atoms with Crippen LogP contribution >= 0.6 is 11.3 Å². The van der Waals surface area contributed by atoms with Gasteiger partial charge in [0.05, 0.1) is 16.4 Å². The van der Waals surface area contributed by atoms with E-state index < -0.39 is 0 Å². The smallest absolute Gasteiger partial charge is 0.339 e. The van der Waals surface area contributed by atoms with Gasteiger partial charge in [-0.3, -0.25) is 0 Å². The Labute approximate surface area is 160 Å². The summed E-state index contributed by atoms with van der Waals surface area (Å²) >= 11 is 1.71. The summed E-state index contributed by atoms with van der Waals surface area (Å²) in [6.07, 6.45) is 0. The molecule has 0 fully saturated rings. The van der Waals surface area contributed by atoms with Crippen LogP contribution in [0.25, 0.3) is 27.6 Å². The molecule has 0 saturated carbocycles. The number of tetrazole rings is 1. The van der Waals surface area contributed by atoms with Crippen molar-refractivity contribution in [2.45, 2.75) is 13.8 Å². The summed E-state index contributed by atoms with van der Waals surface area (Å²) in [5.74, 6) is 0.658. The van der Waals surface area contributed by atoms with Crippen molar-refractivity contribution >= 4 is 11.3 Å². The van der Waals surface area contributed by atoms with E-state index in [0.717, 1.165) is 27.5 Å². The van der Waals surface area contributed by atoms with Crippen molar-refractivity contribution in [2.75, 3.05) is 0 Å². The number of nitrogens with zero attached hydrogens (tertiary/aromatic N) is 4. The van der Waals surface area contributed by atoms with Crippen LogP contribution in [0.2, 0.25) is 0 Å². The van der Waals surface area contributed by atoms with Crippen molar-refractivity contribution in [2.24, 2.45) is 0 Å². The summed E-state index contributed by atoms with van der Waals surface area (Å²) in [6, 6.07) is 18.0. The van der Waals surface area contributed by atoms with Gasteiger partial charge >= 0.3 is 5.82 Å². The number of aromatic nitrogens is 5. The number of hydrogen-bond acceptors (Lipinski definition) is 4. The summed E-state index contributed by atoms with van der Waals surface area (Å²) in [7, 11) is 0. The fraction of sp³-hybridized carbons (Fsp3) is 0.111. The number of thiazole rings is 1. The molecule has 2 aromatic carbocycles. The highest BCUT2D eigenvalue weighted by Crippen LogP contribution is 2.29. The zero-order chi connectivity index (χ0) is 16.5. The van der Waals surface area contributed by atoms with Crippen LogP contribution in [0.3, 0.4) is 0 Å². The van der Waals surface area contributed by atoms with Crippen LogP contribution in [0.5, 0.6) is 0 Å². The lowest BCUT2D eigenvalue weighted by molar-refractivity contribution is -0.716. The van der Waals surface area contributed by atoms with Gasteiger partial charge in [-0.1, -0.05) is 30.3 Å². The van der Waals surface area contributed by atoms with Crippen LogP contribution in [0.1, 0.15) is 10.6 Å². The summed E-state index contributed by atoms with van der Waals surface area (Å²) in [5.41, 5.74) is 4.08. The molecule has 0 aliphatic heterocycles. The van der Waals surface area contributed by atoms with Crippen LogP contribution in [0, 0.1) is 13.8 Å². The Bertz CT molecular complexity index is 974. The van der Waals surface area contributed by atoms with E-state index in [1.807, 2.05) is 49.4 Å². The Morgan fingerprint density at radius 3 is 2.44 bits per heavy atom. The lowest BCUT2D eigenvalue weighted by atomic mass is 10.1. The Balaban J connectivity index is 0.00000182. The molecule has 5 nitrogen and oxygen atoms in total.